The lowest BCUT2D eigenvalue weighted by atomic mass is 10.1. The molecule has 1 saturated carbocycles. The van der Waals surface area contributed by atoms with Crippen molar-refractivity contribution >= 4 is 23.4 Å². The first kappa shape index (κ1) is 25.1. The summed E-state index contributed by atoms with van der Waals surface area (Å²) in [6.07, 6.45) is 4.44. The normalized spacial score (nSPS) is 26.1. The maximum atomic E-state index is 6.60. The first-order valence-corrected chi connectivity index (χ1v) is 14.1. The number of ether oxygens (including phenoxy) is 4. The van der Waals surface area contributed by atoms with Crippen molar-refractivity contribution in [3.05, 3.63) is 77.8 Å². The molecule has 6 rings (SSSR count). The number of rotatable bonds is 9. The zero-order chi connectivity index (χ0) is 25.2. The monoisotopic (exact) mass is 539 g/mol. The highest BCUT2D eigenvalue weighted by molar-refractivity contribution is 7.98. The van der Waals surface area contributed by atoms with Crippen LogP contribution in [-0.2, 0) is 31.2 Å². The Labute approximate surface area is 226 Å². The molecule has 194 valence electrons. The molecule has 9 heteroatoms. The summed E-state index contributed by atoms with van der Waals surface area (Å²) in [6, 6.07) is 18.0. The van der Waals surface area contributed by atoms with E-state index in [2.05, 4.69) is 33.5 Å². The van der Waals surface area contributed by atoms with Crippen LogP contribution in [0.1, 0.15) is 31.2 Å². The predicted molar refractivity (Wildman–Crippen MR) is 142 cm³/mol. The summed E-state index contributed by atoms with van der Waals surface area (Å²) in [5, 5.41) is 10.6. The summed E-state index contributed by atoms with van der Waals surface area (Å²) in [7, 11) is 0. The highest BCUT2D eigenvalue weighted by Gasteiger charge is 2.59. The van der Waals surface area contributed by atoms with Gasteiger partial charge in [-0.3, -0.25) is 4.57 Å². The quantitative estimate of drug-likeness (QED) is 0.249. The number of fused-ring (bicyclic) bond motifs is 1. The van der Waals surface area contributed by atoms with Gasteiger partial charge in [-0.1, -0.05) is 59.8 Å². The Morgan fingerprint density at radius 3 is 2.57 bits per heavy atom. The molecule has 7 nitrogen and oxygen atoms in total. The minimum Gasteiger partial charge on any atom is -0.346 e. The van der Waals surface area contributed by atoms with Crippen molar-refractivity contribution in [2.45, 2.75) is 73.5 Å². The van der Waals surface area contributed by atoms with Crippen LogP contribution in [0.4, 0.5) is 0 Å². The number of aromatic nitrogens is 3. The van der Waals surface area contributed by atoms with Crippen molar-refractivity contribution in [3.8, 4) is 11.4 Å². The van der Waals surface area contributed by atoms with Crippen LogP contribution in [0, 0.1) is 0 Å². The molecular weight excluding hydrogens is 510 g/mol. The Bertz CT molecular complexity index is 1220. The lowest BCUT2D eigenvalue weighted by molar-refractivity contribution is -0.242. The molecule has 37 heavy (non-hydrogen) atoms. The van der Waals surface area contributed by atoms with Crippen molar-refractivity contribution in [1.82, 2.24) is 14.8 Å². The van der Waals surface area contributed by atoms with E-state index in [9.17, 15) is 0 Å². The fourth-order valence-corrected chi connectivity index (χ4v) is 6.38. The summed E-state index contributed by atoms with van der Waals surface area (Å²) >= 11 is 7.81. The van der Waals surface area contributed by atoms with Gasteiger partial charge in [-0.05, 0) is 42.7 Å². The predicted octanol–water partition coefficient (Wildman–Crippen LogP) is 5.87. The van der Waals surface area contributed by atoms with Gasteiger partial charge < -0.3 is 18.9 Å². The SMILES string of the molecule is C=CCO[C@@H]1O[C@H](Cn2c(SCc3ccccc3)nnc2-c2ccc(Cl)cc2)[C@H]2OC3(CCCC3)O[C@@H]12. The third-order valence-corrected chi connectivity index (χ3v) is 8.40. The standard InChI is InChI=1S/C28H30ClN3O4S/c1-2-16-33-26-24-23(35-28(36-24)14-6-7-15-28)22(34-26)17-32-25(20-10-12-21(29)13-11-20)30-31-27(32)37-18-19-8-4-3-5-9-19/h2-5,8-13,22-24,26H,1,6-7,14-18H2/t22-,23-,24-,26-/m1/s1. The summed E-state index contributed by atoms with van der Waals surface area (Å²) in [5.41, 5.74) is 2.16. The first-order chi connectivity index (χ1) is 18.1. The minimum absolute atomic E-state index is 0.236. The highest BCUT2D eigenvalue weighted by atomic mass is 35.5. The van der Waals surface area contributed by atoms with Crippen molar-refractivity contribution in [2.75, 3.05) is 6.61 Å². The van der Waals surface area contributed by atoms with Crippen molar-refractivity contribution in [3.63, 3.8) is 0 Å². The summed E-state index contributed by atoms with van der Waals surface area (Å²) < 4.78 is 27.6. The fourth-order valence-electron chi connectivity index (χ4n) is 5.35. The number of hydrogen-bond acceptors (Lipinski definition) is 7. The Morgan fingerprint density at radius 2 is 1.81 bits per heavy atom. The molecule has 0 bridgehead atoms. The zero-order valence-corrected chi connectivity index (χ0v) is 22.1. The number of hydrogen-bond donors (Lipinski definition) is 0. The molecule has 3 aromatic rings. The second kappa shape index (κ2) is 10.9. The van der Waals surface area contributed by atoms with Crippen LogP contribution in [0.25, 0.3) is 11.4 Å². The van der Waals surface area contributed by atoms with Gasteiger partial charge >= 0.3 is 0 Å². The smallest absolute Gasteiger partial charge is 0.191 e. The van der Waals surface area contributed by atoms with Gasteiger partial charge in [-0.25, -0.2) is 0 Å². The molecule has 1 aromatic heterocycles. The van der Waals surface area contributed by atoms with Crippen molar-refractivity contribution < 1.29 is 18.9 Å². The van der Waals surface area contributed by atoms with Gasteiger partial charge in [0.2, 0.25) is 0 Å². The maximum absolute atomic E-state index is 6.60. The first-order valence-electron chi connectivity index (χ1n) is 12.7. The molecule has 1 spiro atoms. The molecule has 1 aliphatic carbocycles. The van der Waals surface area contributed by atoms with Crippen LogP contribution in [0.15, 0.2) is 72.4 Å². The summed E-state index contributed by atoms with van der Waals surface area (Å²) in [6.45, 7) is 4.68. The van der Waals surface area contributed by atoms with E-state index in [1.54, 1.807) is 17.8 Å². The Balaban J connectivity index is 1.29. The molecular formula is C28H30ClN3O4S. The second-order valence-corrected chi connectivity index (χ2v) is 11.0. The number of halogens is 1. The lowest BCUT2D eigenvalue weighted by Gasteiger charge is -2.27. The van der Waals surface area contributed by atoms with Crippen LogP contribution >= 0.6 is 23.4 Å². The van der Waals surface area contributed by atoms with Gasteiger partial charge in [0.25, 0.3) is 0 Å². The van der Waals surface area contributed by atoms with Gasteiger partial charge in [0, 0.05) is 29.2 Å². The lowest BCUT2D eigenvalue weighted by Crippen LogP contribution is -2.34. The largest absolute Gasteiger partial charge is 0.346 e. The molecule has 3 heterocycles. The van der Waals surface area contributed by atoms with Crippen LogP contribution in [0.2, 0.25) is 5.02 Å². The fraction of sp³-hybridized carbons (Fsp3) is 0.429. The molecule has 3 aliphatic rings. The molecule has 2 aromatic carbocycles. The van der Waals surface area contributed by atoms with Gasteiger partial charge in [-0.15, -0.1) is 16.8 Å². The van der Waals surface area contributed by atoms with E-state index < -0.39 is 12.1 Å². The van der Waals surface area contributed by atoms with E-state index in [-0.39, 0.29) is 18.3 Å². The van der Waals surface area contributed by atoms with Gasteiger partial charge in [0.15, 0.2) is 23.1 Å². The summed E-state index contributed by atoms with van der Waals surface area (Å²) in [5.74, 6) is 1.02. The molecule has 0 radical (unpaired) electrons. The molecule has 2 saturated heterocycles. The van der Waals surface area contributed by atoms with E-state index in [1.165, 1.54) is 5.56 Å². The molecule has 0 amide bonds. The average molecular weight is 540 g/mol. The van der Waals surface area contributed by atoms with E-state index in [0.29, 0.717) is 18.2 Å². The highest BCUT2D eigenvalue weighted by Crippen LogP contribution is 2.47. The number of nitrogens with zero attached hydrogens (tertiary/aromatic N) is 3. The Kier molecular flexibility index (Phi) is 7.38. The van der Waals surface area contributed by atoms with Gasteiger partial charge in [-0.2, -0.15) is 0 Å². The zero-order valence-electron chi connectivity index (χ0n) is 20.5. The number of benzene rings is 2. The third kappa shape index (κ3) is 5.24. The molecule has 4 atom stereocenters. The minimum atomic E-state index is -0.524. The van der Waals surface area contributed by atoms with Crippen LogP contribution in [0.3, 0.4) is 0 Å². The van der Waals surface area contributed by atoms with Crippen molar-refractivity contribution in [2.24, 2.45) is 0 Å². The average Bonchev–Trinajstić information content (AvgIpc) is 3.70. The van der Waals surface area contributed by atoms with E-state index in [1.807, 2.05) is 42.5 Å². The number of thioether (sulfide) groups is 1. The maximum Gasteiger partial charge on any atom is 0.191 e. The van der Waals surface area contributed by atoms with Gasteiger partial charge in [0.05, 0.1) is 13.2 Å². The summed E-state index contributed by atoms with van der Waals surface area (Å²) in [4.78, 5) is 0. The van der Waals surface area contributed by atoms with Crippen LogP contribution in [-0.4, -0.2) is 51.8 Å². The molecule has 2 aliphatic heterocycles. The van der Waals surface area contributed by atoms with E-state index in [0.717, 1.165) is 48.0 Å². The topological polar surface area (TPSA) is 67.6 Å². The van der Waals surface area contributed by atoms with Crippen molar-refractivity contribution in [1.29, 1.82) is 0 Å². The third-order valence-electron chi connectivity index (χ3n) is 7.11. The molecule has 0 N–H and O–H groups in total. The van der Waals surface area contributed by atoms with E-state index in [4.69, 9.17) is 30.5 Å². The Morgan fingerprint density at radius 1 is 1.05 bits per heavy atom. The Hall–Kier alpha value is -2.20. The van der Waals surface area contributed by atoms with E-state index >= 15 is 0 Å². The molecule has 0 unspecified atom stereocenters. The molecule has 3 fully saturated rings. The second-order valence-electron chi connectivity index (χ2n) is 9.65. The van der Waals surface area contributed by atoms with Crippen LogP contribution < -0.4 is 0 Å². The van der Waals surface area contributed by atoms with Gasteiger partial charge in [0.1, 0.15) is 18.3 Å². The van der Waals surface area contributed by atoms with Crippen LogP contribution in [0.5, 0.6) is 0 Å².